The molecule has 1 amide bonds. The molecule has 1 aromatic rings. The van der Waals surface area contributed by atoms with E-state index >= 15 is 0 Å². The first kappa shape index (κ1) is 14.7. The molecular weight excluding hydrogens is 300 g/mol. The number of amides is 1. The van der Waals surface area contributed by atoms with Crippen LogP contribution in [0.4, 0.5) is 0 Å². The second-order valence-corrected chi connectivity index (χ2v) is 6.09. The van der Waals surface area contributed by atoms with Gasteiger partial charge in [-0.3, -0.25) is 4.79 Å². The number of rotatable bonds is 6. The molecule has 1 heterocycles. The maximum atomic E-state index is 12.0. The number of carbonyl (C=O) groups excluding carboxylic acids is 1. The smallest absolute Gasteiger partial charge is 0.239 e. The number of nitrogens with two attached hydrogens (primary N) is 1. The van der Waals surface area contributed by atoms with Crippen LogP contribution < -0.4 is 5.73 Å². The fourth-order valence-electron chi connectivity index (χ4n) is 1.58. The molecule has 3 nitrogen and oxygen atoms in total. The molecule has 0 aromatic carbocycles. The minimum atomic E-state index is -0.358. The molecule has 0 fully saturated rings. The largest absolute Gasteiger partial charge is 0.339 e. The monoisotopic (exact) mass is 318 g/mol. The van der Waals surface area contributed by atoms with Gasteiger partial charge in [0.2, 0.25) is 5.91 Å². The molecular formula is C12H19BrN2OS. The first-order valence-corrected chi connectivity index (χ1v) is 7.45. The summed E-state index contributed by atoms with van der Waals surface area (Å²) in [5.74, 6) is 0.0305. The van der Waals surface area contributed by atoms with E-state index in [-0.39, 0.29) is 11.9 Å². The van der Waals surface area contributed by atoms with Crippen molar-refractivity contribution in [2.75, 3.05) is 7.05 Å². The Morgan fingerprint density at radius 1 is 1.65 bits per heavy atom. The van der Waals surface area contributed by atoms with Gasteiger partial charge in [0.25, 0.3) is 0 Å². The van der Waals surface area contributed by atoms with E-state index in [0.29, 0.717) is 6.54 Å². The summed E-state index contributed by atoms with van der Waals surface area (Å²) in [4.78, 5) is 14.8. The molecule has 0 radical (unpaired) electrons. The highest BCUT2D eigenvalue weighted by molar-refractivity contribution is 9.10. The Bertz CT molecular complexity index is 367. The minimum Gasteiger partial charge on any atom is -0.339 e. The predicted octanol–water partition coefficient (Wildman–Crippen LogP) is 2.99. The lowest BCUT2D eigenvalue weighted by molar-refractivity contribution is -0.131. The molecule has 5 heteroatoms. The summed E-state index contributed by atoms with van der Waals surface area (Å²) in [6.45, 7) is 2.74. The topological polar surface area (TPSA) is 46.3 Å². The van der Waals surface area contributed by atoms with Crippen LogP contribution in [0.15, 0.2) is 15.9 Å². The lowest BCUT2D eigenvalue weighted by atomic mass is 10.1. The molecule has 1 rings (SSSR count). The second-order valence-electron chi connectivity index (χ2n) is 4.17. The lowest BCUT2D eigenvalue weighted by Crippen LogP contribution is -2.41. The molecule has 0 spiro atoms. The maximum Gasteiger partial charge on any atom is 0.239 e. The van der Waals surface area contributed by atoms with E-state index in [1.807, 2.05) is 18.5 Å². The van der Waals surface area contributed by atoms with Gasteiger partial charge in [0.05, 0.1) is 12.6 Å². The Kier molecular flexibility index (Phi) is 6.16. The first-order valence-electron chi connectivity index (χ1n) is 5.78. The molecule has 1 atom stereocenters. The summed E-state index contributed by atoms with van der Waals surface area (Å²) in [6.07, 6.45) is 2.85. The molecule has 0 aliphatic carbocycles. The number of nitrogens with zero attached hydrogens (tertiary/aromatic N) is 1. The van der Waals surface area contributed by atoms with Crippen LogP contribution in [0.2, 0.25) is 0 Å². The Hall–Kier alpha value is -0.390. The van der Waals surface area contributed by atoms with E-state index in [1.165, 1.54) is 0 Å². The van der Waals surface area contributed by atoms with Gasteiger partial charge in [-0.05, 0) is 28.4 Å². The van der Waals surface area contributed by atoms with Crippen molar-refractivity contribution < 1.29 is 4.79 Å². The van der Waals surface area contributed by atoms with E-state index in [2.05, 4.69) is 22.9 Å². The van der Waals surface area contributed by atoms with Crippen molar-refractivity contribution >= 4 is 33.2 Å². The third kappa shape index (κ3) is 4.77. The number of thiophene rings is 1. The fraction of sp³-hybridized carbons (Fsp3) is 0.583. The van der Waals surface area contributed by atoms with Gasteiger partial charge in [0, 0.05) is 21.8 Å². The van der Waals surface area contributed by atoms with E-state index in [1.54, 1.807) is 16.2 Å². The highest BCUT2D eigenvalue weighted by Crippen LogP contribution is 2.21. The van der Waals surface area contributed by atoms with Crippen LogP contribution >= 0.6 is 27.3 Å². The van der Waals surface area contributed by atoms with Crippen molar-refractivity contribution in [3.8, 4) is 0 Å². The van der Waals surface area contributed by atoms with Crippen LogP contribution in [0.3, 0.4) is 0 Å². The van der Waals surface area contributed by atoms with Crippen molar-refractivity contribution in [2.45, 2.75) is 38.8 Å². The zero-order chi connectivity index (χ0) is 12.8. The van der Waals surface area contributed by atoms with Gasteiger partial charge in [-0.1, -0.05) is 19.8 Å². The van der Waals surface area contributed by atoms with Crippen molar-refractivity contribution in [3.63, 3.8) is 0 Å². The Morgan fingerprint density at radius 3 is 2.88 bits per heavy atom. The number of hydrogen-bond donors (Lipinski definition) is 1. The normalized spacial score (nSPS) is 12.5. The highest BCUT2D eigenvalue weighted by Gasteiger charge is 2.17. The van der Waals surface area contributed by atoms with Crippen molar-refractivity contribution in [1.29, 1.82) is 0 Å². The van der Waals surface area contributed by atoms with Crippen LogP contribution in [-0.4, -0.2) is 23.9 Å². The van der Waals surface area contributed by atoms with E-state index in [4.69, 9.17) is 5.73 Å². The van der Waals surface area contributed by atoms with Crippen molar-refractivity contribution in [2.24, 2.45) is 5.73 Å². The van der Waals surface area contributed by atoms with E-state index in [0.717, 1.165) is 28.6 Å². The van der Waals surface area contributed by atoms with Gasteiger partial charge in [-0.2, -0.15) is 0 Å². The second kappa shape index (κ2) is 7.13. The van der Waals surface area contributed by atoms with Gasteiger partial charge in [-0.15, -0.1) is 11.3 Å². The number of unbranched alkanes of at least 4 members (excludes halogenated alkanes) is 1. The Morgan fingerprint density at radius 2 is 2.35 bits per heavy atom. The Balaban J connectivity index is 2.46. The quantitative estimate of drug-likeness (QED) is 0.876. The third-order valence-electron chi connectivity index (χ3n) is 2.58. The van der Waals surface area contributed by atoms with E-state index in [9.17, 15) is 4.79 Å². The summed E-state index contributed by atoms with van der Waals surface area (Å²) in [5.41, 5.74) is 5.87. The van der Waals surface area contributed by atoms with Crippen LogP contribution in [-0.2, 0) is 11.3 Å². The SMILES string of the molecule is CCCC[C@H](N)C(=O)N(C)Cc1cc(Br)cs1. The summed E-state index contributed by atoms with van der Waals surface area (Å²) in [5, 5.41) is 2.02. The molecule has 0 saturated carbocycles. The molecule has 0 saturated heterocycles. The molecule has 1 aromatic heterocycles. The molecule has 0 aliphatic rings. The average molecular weight is 319 g/mol. The van der Waals surface area contributed by atoms with Gasteiger partial charge in [0.15, 0.2) is 0 Å². The van der Waals surface area contributed by atoms with Crippen LogP contribution in [0.5, 0.6) is 0 Å². The standard InChI is InChI=1S/C12H19BrN2OS/c1-3-4-5-11(14)12(16)15(2)7-10-6-9(13)8-17-10/h6,8,11H,3-5,7,14H2,1-2H3/t11-/m0/s1. The molecule has 0 unspecified atom stereocenters. The molecule has 0 bridgehead atoms. The van der Waals surface area contributed by atoms with Gasteiger partial charge in [-0.25, -0.2) is 0 Å². The van der Waals surface area contributed by atoms with Crippen LogP contribution in [0, 0.1) is 0 Å². The molecule has 2 N–H and O–H groups in total. The maximum absolute atomic E-state index is 12.0. The number of carbonyl (C=O) groups is 1. The van der Waals surface area contributed by atoms with Crippen molar-refractivity contribution in [1.82, 2.24) is 4.90 Å². The Labute approximate surface area is 115 Å². The summed E-state index contributed by atoms with van der Waals surface area (Å²) in [6, 6.07) is 1.68. The fourth-order valence-corrected chi connectivity index (χ4v) is 3.08. The highest BCUT2D eigenvalue weighted by atomic mass is 79.9. The van der Waals surface area contributed by atoms with Gasteiger partial charge < -0.3 is 10.6 Å². The lowest BCUT2D eigenvalue weighted by Gasteiger charge is -2.20. The summed E-state index contributed by atoms with van der Waals surface area (Å²) >= 11 is 5.05. The first-order chi connectivity index (χ1) is 8.04. The summed E-state index contributed by atoms with van der Waals surface area (Å²) in [7, 11) is 1.81. The minimum absolute atomic E-state index is 0.0305. The zero-order valence-electron chi connectivity index (χ0n) is 10.3. The van der Waals surface area contributed by atoms with Crippen LogP contribution in [0.25, 0.3) is 0 Å². The molecule has 0 aliphatic heterocycles. The predicted molar refractivity (Wildman–Crippen MR) is 76.0 cm³/mol. The van der Waals surface area contributed by atoms with Crippen LogP contribution in [0.1, 0.15) is 31.1 Å². The number of hydrogen-bond acceptors (Lipinski definition) is 3. The number of halogens is 1. The molecule has 96 valence electrons. The number of likely N-dealkylation sites (N-methyl/N-ethyl adjacent to an activating group) is 1. The van der Waals surface area contributed by atoms with E-state index < -0.39 is 0 Å². The summed E-state index contributed by atoms with van der Waals surface area (Å²) < 4.78 is 1.06. The van der Waals surface area contributed by atoms with Gasteiger partial charge in [0.1, 0.15) is 0 Å². The van der Waals surface area contributed by atoms with Crippen molar-refractivity contribution in [3.05, 3.63) is 20.8 Å². The third-order valence-corrected chi connectivity index (χ3v) is 4.26. The zero-order valence-corrected chi connectivity index (χ0v) is 12.7. The van der Waals surface area contributed by atoms with Gasteiger partial charge >= 0.3 is 0 Å². The average Bonchev–Trinajstić information content (AvgIpc) is 2.70. The molecule has 17 heavy (non-hydrogen) atoms.